The number of nitrogens with zero attached hydrogens (tertiary/aromatic N) is 3. The lowest BCUT2D eigenvalue weighted by Crippen LogP contribution is -2.17. The van der Waals surface area contributed by atoms with Crippen LogP contribution < -0.4 is 4.74 Å². The quantitative estimate of drug-likeness (QED) is 0.174. The average Bonchev–Trinajstić information content (AvgIpc) is 3.64. The van der Waals surface area contributed by atoms with Crippen molar-refractivity contribution in [1.82, 2.24) is 14.5 Å². The van der Waals surface area contributed by atoms with Crippen molar-refractivity contribution < 1.29 is 9.84 Å². The Labute approximate surface area is 380 Å². The van der Waals surface area contributed by atoms with Crippen LogP contribution in [0.2, 0.25) is 0 Å². The second-order valence-corrected chi connectivity index (χ2v) is 21.4. The molecule has 0 unspecified atom stereocenters. The Kier molecular flexibility index (Phi) is 11.2. The van der Waals surface area contributed by atoms with E-state index < -0.39 is 0 Å². The van der Waals surface area contributed by atoms with Crippen LogP contribution in [-0.4, -0.2) is 26.8 Å². The fourth-order valence-electron chi connectivity index (χ4n) is 8.53. The van der Waals surface area contributed by atoms with Crippen LogP contribution in [0.5, 0.6) is 11.5 Å². The van der Waals surface area contributed by atoms with Crippen LogP contribution in [0.1, 0.15) is 105 Å². The van der Waals surface area contributed by atoms with Gasteiger partial charge in [-0.2, -0.15) is 0 Å². The largest absolute Gasteiger partial charge is 0.507 e. The van der Waals surface area contributed by atoms with Crippen LogP contribution in [-0.2, 0) is 21.7 Å². The summed E-state index contributed by atoms with van der Waals surface area (Å²) < 4.78 is 7.73. The minimum Gasteiger partial charge on any atom is -0.507 e. The molecule has 0 fully saturated rings. The van der Waals surface area contributed by atoms with Gasteiger partial charge >= 0.3 is 0 Å². The van der Waals surface area contributed by atoms with Crippen LogP contribution in [0.15, 0.2) is 140 Å². The molecule has 8 aromatic rings. The van der Waals surface area contributed by atoms with Gasteiger partial charge in [0.2, 0.25) is 0 Å². The maximum atomic E-state index is 12.5. The van der Waals surface area contributed by atoms with Gasteiger partial charge in [0.1, 0.15) is 17.3 Å². The van der Waals surface area contributed by atoms with E-state index in [1.165, 1.54) is 11.1 Å². The highest BCUT2D eigenvalue weighted by atomic mass is 16.5. The Morgan fingerprint density at radius 3 is 1.77 bits per heavy atom. The van der Waals surface area contributed by atoms with Gasteiger partial charge in [-0.15, -0.1) is 0 Å². The smallest absolute Gasteiger partial charge is 0.149 e. The van der Waals surface area contributed by atoms with Crippen LogP contribution in [0, 0.1) is 0 Å². The summed E-state index contributed by atoms with van der Waals surface area (Å²) in [5.74, 6) is 1.77. The number of methoxy groups -OCH3 is 1. The molecule has 0 aliphatic rings. The number of benzene rings is 6. The molecule has 2 heterocycles. The lowest BCUT2D eigenvalue weighted by atomic mass is 9.79. The predicted octanol–water partition coefficient (Wildman–Crippen LogP) is 15.7. The third-order valence-electron chi connectivity index (χ3n) is 12.5. The zero-order valence-corrected chi connectivity index (χ0v) is 40.0. The second kappa shape index (κ2) is 16.3. The molecule has 8 rings (SSSR count). The fourth-order valence-corrected chi connectivity index (χ4v) is 8.53. The Hall–Kier alpha value is -6.46. The molecule has 6 aromatic carbocycles. The molecule has 0 saturated heterocycles. The number of para-hydroxylation sites is 1. The number of pyridine rings is 1. The predicted molar refractivity (Wildman–Crippen MR) is 269 cm³/mol. The third-order valence-corrected chi connectivity index (χ3v) is 12.5. The summed E-state index contributed by atoms with van der Waals surface area (Å²) in [5.41, 5.74) is 15.6. The van der Waals surface area contributed by atoms with Crippen molar-refractivity contribution in [2.24, 2.45) is 0 Å². The molecule has 2 aromatic heterocycles. The molecule has 0 bridgehead atoms. The van der Waals surface area contributed by atoms with Crippen molar-refractivity contribution in [1.29, 1.82) is 0 Å². The first-order valence-electron chi connectivity index (χ1n) is 22.5. The maximum Gasteiger partial charge on any atom is 0.149 e. The second-order valence-electron chi connectivity index (χ2n) is 21.4. The molecule has 5 heteroatoms. The van der Waals surface area contributed by atoms with Crippen molar-refractivity contribution in [3.8, 4) is 73.2 Å². The average molecular weight is 846 g/mol. The lowest BCUT2D eigenvalue weighted by Gasteiger charge is -2.28. The molecule has 0 atom stereocenters. The molecule has 1 N–H and O–H groups in total. The minimum absolute atomic E-state index is 0.0746. The van der Waals surface area contributed by atoms with E-state index in [9.17, 15) is 5.11 Å². The first kappa shape index (κ1) is 44.2. The highest BCUT2D eigenvalue weighted by Gasteiger charge is 2.30. The lowest BCUT2D eigenvalue weighted by molar-refractivity contribution is 0.415. The summed E-state index contributed by atoms with van der Waals surface area (Å²) in [5, 5.41) is 12.5. The SMILES string of the molecule is COc1ccc(-c2ccnc(-c3cc(-c4cccc5c4nc(-c4cc(C(C)(C)C)cc(C(C)(C)C)c4O)n5-c4ccc(C(C)(C)C)cc4-c4ccccc4)cc(C(C)(C)C)c3)c2)cc1. The van der Waals surface area contributed by atoms with Gasteiger partial charge in [0, 0.05) is 28.5 Å². The van der Waals surface area contributed by atoms with Gasteiger partial charge < -0.3 is 9.84 Å². The summed E-state index contributed by atoms with van der Waals surface area (Å²) in [7, 11) is 1.69. The van der Waals surface area contributed by atoms with E-state index in [1.807, 2.05) is 18.3 Å². The van der Waals surface area contributed by atoms with Crippen molar-refractivity contribution in [2.75, 3.05) is 7.11 Å². The molecule has 0 aliphatic carbocycles. The molecule has 64 heavy (non-hydrogen) atoms. The molecular weight excluding hydrogens is 783 g/mol. The molecule has 0 spiro atoms. The molecule has 0 aliphatic heterocycles. The van der Waals surface area contributed by atoms with Crippen molar-refractivity contribution >= 4 is 11.0 Å². The van der Waals surface area contributed by atoms with Gasteiger partial charge in [0.05, 0.1) is 35.1 Å². The molecule has 0 saturated carbocycles. The van der Waals surface area contributed by atoms with Crippen molar-refractivity contribution in [3.63, 3.8) is 0 Å². The van der Waals surface area contributed by atoms with Crippen molar-refractivity contribution in [2.45, 2.75) is 105 Å². The number of imidazole rings is 1. The van der Waals surface area contributed by atoms with E-state index in [1.54, 1.807) is 7.11 Å². The highest BCUT2D eigenvalue weighted by molar-refractivity contribution is 5.98. The number of fused-ring (bicyclic) bond motifs is 1. The maximum absolute atomic E-state index is 12.5. The number of hydrogen-bond donors (Lipinski definition) is 1. The van der Waals surface area contributed by atoms with Gasteiger partial charge in [-0.3, -0.25) is 9.55 Å². The molecule has 0 radical (unpaired) electrons. The van der Waals surface area contributed by atoms with Crippen molar-refractivity contribution in [3.05, 3.63) is 162 Å². The fraction of sp³-hybridized carbons (Fsp3) is 0.288. The van der Waals surface area contributed by atoms with E-state index in [2.05, 4.69) is 209 Å². The van der Waals surface area contributed by atoms with Crippen LogP contribution in [0.3, 0.4) is 0 Å². The van der Waals surface area contributed by atoms with E-state index in [0.29, 0.717) is 11.4 Å². The number of phenolic OH excluding ortho intramolecular Hbond substituents is 1. The summed E-state index contributed by atoms with van der Waals surface area (Å²) in [4.78, 5) is 10.6. The number of aromatic nitrogens is 3. The monoisotopic (exact) mass is 845 g/mol. The summed E-state index contributed by atoms with van der Waals surface area (Å²) >= 11 is 0. The van der Waals surface area contributed by atoms with Crippen LogP contribution in [0.4, 0.5) is 0 Å². The molecule has 326 valence electrons. The zero-order valence-electron chi connectivity index (χ0n) is 40.0. The van der Waals surface area contributed by atoms with Gasteiger partial charge in [0.15, 0.2) is 0 Å². The first-order valence-corrected chi connectivity index (χ1v) is 22.5. The van der Waals surface area contributed by atoms with E-state index >= 15 is 0 Å². The number of rotatable bonds is 7. The minimum atomic E-state index is -0.325. The Morgan fingerprint density at radius 2 is 1.12 bits per heavy atom. The normalized spacial score (nSPS) is 12.5. The zero-order chi connectivity index (χ0) is 45.9. The number of aromatic hydroxyl groups is 1. The number of ether oxygens (including phenoxy) is 1. The van der Waals surface area contributed by atoms with Crippen LogP contribution >= 0.6 is 0 Å². The Morgan fingerprint density at radius 1 is 0.484 bits per heavy atom. The summed E-state index contributed by atoms with van der Waals surface area (Å²) in [6, 6.07) is 47.5. The Bertz CT molecular complexity index is 3000. The molecule has 5 nitrogen and oxygen atoms in total. The summed E-state index contributed by atoms with van der Waals surface area (Å²) in [6.45, 7) is 26.8. The molecule has 0 amide bonds. The first-order chi connectivity index (χ1) is 30.1. The molecular formula is C59H63N3O2. The van der Waals surface area contributed by atoms with E-state index in [-0.39, 0.29) is 27.4 Å². The number of hydrogen-bond acceptors (Lipinski definition) is 4. The van der Waals surface area contributed by atoms with E-state index in [4.69, 9.17) is 14.7 Å². The number of phenols is 1. The van der Waals surface area contributed by atoms with E-state index in [0.717, 1.165) is 78.2 Å². The van der Waals surface area contributed by atoms with Gasteiger partial charge in [0.25, 0.3) is 0 Å². The third kappa shape index (κ3) is 8.61. The van der Waals surface area contributed by atoms with Gasteiger partial charge in [-0.25, -0.2) is 4.98 Å². The topological polar surface area (TPSA) is 60.2 Å². The van der Waals surface area contributed by atoms with Crippen LogP contribution in [0.25, 0.3) is 72.7 Å². The summed E-state index contributed by atoms with van der Waals surface area (Å²) in [6.07, 6.45) is 1.90. The van der Waals surface area contributed by atoms with Gasteiger partial charge in [-0.1, -0.05) is 156 Å². The standard InChI is InChI=1S/C59H63N3O2/c1-56(2,3)42-24-27-51(47(34-42)38-18-15-14-16-19-38)62-52-21-17-20-46(53(52)61-55(62)48-35-44(58(7,8)9)36-49(54(48)63)59(10,11)12)40-30-41(32-43(31-40)57(4,5)6)50-33-39(28-29-60-50)37-22-25-45(64-13)26-23-37/h14-36,63H,1-13H3. The highest BCUT2D eigenvalue weighted by Crippen LogP contribution is 2.46. The van der Waals surface area contributed by atoms with Gasteiger partial charge in [-0.05, 0) is 121 Å². The Balaban J connectivity index is 1.45.